The predicted octanol–water partition coefficient (Wildman–Crippen LogP) is 1.96. The molecule has 2 aromatic rings. The molecule has 3 fully saturated rings. The topological polar surface area (TPSA) is 88.6 Å². The average molecular weight is 357 g/mol. The zero-order chi connectivity index (χ0) is 18.2. The summed E-state index contributed by atoms with van der Waals surface area (Å²) in [6.07, 6.45) is 4.37. The summed E-state index contributed by atoms with van der Waals surface area (Å²) >= 11 is 0. The van der Waals surface area contributed by atoms with E-state index in [1.54, 1.807) is 6.07 Å². The average Bonchev–Trinajstić information content (AvgIpc) is 3.48. The van der Waals surface area contributed by atoms with Gasteiger partial charge in [-0.1, -0.05) is 0 Å². The Morgan fingerprint density at radius 1 is 1.27 bits per heavy atom. The zero-order valence-electron chi connectivity index (χ0n) is 14.2. The van der Waals surface area contributed by atoms with Crippen molar-refractivity contribution in [2.24, 2.45) is 17.6 Å². The molecular weight excluding hydrogens is 337 g/mol. The molecule has 136 valence electrons. The summed E-state index contributed by atoms with van der Waals surface area (Å²) < 4.78 is 16.7. The van der Waals surface area contributed by atoms with Gasteiger partial charge in [-0.25, -0.2) is 9.18 Å². The van der Waals surface area contributed by atoms with E-state index in [-0.39, 0.29) is 23.0 Å². The van der Waals surface area contributed by atoms with E-state index in [2.05, 4.69) is 0 Å². The molecule has 0 spiro atoms. The molecule has 3 atom stereocenters. The van der Waals surface area contributed by atoms with Crippen LogP contribution in [-0.2, 0) is 0 Å². The van der Waals surface area contributed by atoms with Crippen LogP contribution in [0.2, 0.25) is 0 Å². The Kier molecular flexibility index (Phi) is 3.22. The van der Waals surface area contributed by atoms with Crippen LogP contribution in [0, 0.1) is 17.7 Å². The molecule has 7 heteroatoms. The van der Waals surface area contributed by atoms with E-state index in [1.807, 2.05) is 9.47 Å². The number of nitrogens with zero attached hydrogens (tertiary/aromatic N) is 2. The van der Waals surface area contributed by atoms with Gasteiger partial charge in [0.25, 0.3) is 0 Å². The molecule has 5 rings (SSSR count). The number of pyridine rings is 1. The lowest BCUT2D eigenvalue weighted by atomic mass is 10.0. The molecule has 1 aromatic heterocycles. The molecule has 2 aliphatic carbocycles. The number of carboxylic acid groups (broad SMARTS) is 1. The van der Waals surface area contributed by atoms with E-state index >= 15 is 0 Å². The summed E-state index contributed by atoms with van der Waals surface area (Å²) in [5.74, 6) is -0.699. The highest BCUT2D eigenvalue weighted by atomic mass is 19.1. The van der Waals surface area contributed by atoms with Crippen molar-refractivity contribution >= 4 is 22.6 Å². The maximum atomic E-state index is 14.9. The number of hydrogen-bond donors (Lipinski definition) is 2. The molecule has 6 nitrogen and oxygen atoms in total. The molecular formula is C19H20FN3O3. The number of aromatic nitrogens is 1. The number of hydrogen-bond acceptors (Lipinski definition) is 4. The van der Waals surface area contributed by atoms with Crippen LogP contribution in [0.3, 0.4) is 0 Å². The Hall–Kier alpha value is -2.41. The molecule has 2 heterocycles. The van der Waals surface area contributed by atoms with Crippen LogP contribution in [0.25, 0.3) is 10.9 Å². The van der Waals surface area contributed by atoms with Crippen molar-refractivity contribution in [2.45, 2.75) is 31.3 Å². The van der Waals surface area contributed by atoms with Crippen molar-refractivity contribution in [1.82, 2.24) is 4.57 Å². The Morgan fingerprint density at radius 3 is 2.69 bits per heavy atom. The summed E-state index contributed by atoms with van der Waals surface area (Å²) in [7, 11) is 0. The van der Waals surface area contributed by atoms with Gasteiger partial charge in [0.1, 0.15) is 11.4 Å². The minimum absolute atomic E-state index is 0.0452. The monoisotopic (exact) mass is 357 g/mol. The number of halogens is 1. The summed E-state index contributed by atoms with van der Waals surface area (Å²) in [5, 5.41) is 9.44. The summed E-state index contributed by atoms with van der Waals surface area (Å²) in [5.41, 5.74) is 6.31. The smallest absolute Gasteiger partial charge is 0.341 e. The van der Waals surface area contributed by atoms with Crippen LogP contribution in [0.15, 0.2) is 23.1 Å². The largest absolute Gasteiger partial charge is 0.477 e. The number of aromatic carboxylic acids is 1. The van der Waals surface area contributed by atoms with Gasteiger partial charge in [0, 0.05) is 36.8 Å². The highest BCUT2D eigenvalue weighted by molar-refractivity contribution is 5.93. The Balaban J connectivity index is 1.68. The van der Waals surface area contributed by atoms with Crippen molar-refractivity contribution in [3.8, 4) is 0 Å². The van der Waals surface area contributed by atoms with Crippen LogP contribution >= 0.6 is 0 Å². The fraction of sp³-hybridized carbons (Fsp3) is 0.474. The first-order valence-electron chi connectivity index (χ1n) is 9.06. The third kappa shape index (κ3) is 2.34. The minimum Gasteiger partial charge on any atom is -0.477 e. The number of piperidine rings is 1. The van der Waals surface area contributed by atoms with E-state index in [0.717, 1.165) is 25.8 Å². The van der Waals surface area contributed by atoms with Gasteiger partial charge in [-0.3, -0.25) is 4.79 Å². The van der Waals surface area contributed by atoms with E-state index in [1.165, 1.54) is 12.3 Å². The zero-order valence-corrected chi connectivity index (χ0v) is 14.2. The van der Waals surface area contributed by atoms with Gasteiger partial charge in [0.15, 0.2) is 0 Å². The van der Waals surface area contributed by atoms with Gasteiger partial charge < -0.3 is 20.3 Å². The highest BCUT2D eigenvalue weighted by Crippen LogP contribution is 2.46. The van der Waals surface area contributed by atoms with E-state index in [0.29, 0.717) is 29.6 Å². The van der Waals surface area contributed by atoms with Crippen LogP contribution in [0.5, 0.6) is 0 Å². The Morgan fingerprint density at radius 2 is 2.04 bits per heavy atom. The van der Waals surface area contributed by atoms with Gasteiger partial charge in [0.2, 0.25) is 5.43 Å². The van der Waals surface area contributed by atoms with E-state index in [9.17, 15) is 19.1 Å². The number of fused-ring (bicyclic) bond motifs is 2. The van der Waals surface area contributed by atoms with Crippen molar-refractivity contribution < 1.29 is 14.3 Å². The number of benzene rings is 1. The van der Waals surface area contributed by atoms with Crippen molar-refractivity contribution in [3.05, 3.63) is 39.9 Å². The lowest BCUT2D eigenvalue weighted by Gasteiger charge is -2.32. The molecule has 0 bridgehead atoms. The SMILES string of the molecule is N[C@@H]1CN(c2cc3c(cc2F)c(=O)c(C(=O)O)cn3C2CC2)C[C@H]2C[C@H]21. The second-order valence-corrected chi connectivity index (χ2v) is 7.86. The Bertz CT molecular complexity index is 998. The molecule has 1 saturated heterocycles. The highest BCUT2D eigenvalue weighted by Gasteiger charge is 2.46. The lowest BCUT2D eigenvalue weighted by Crippen LogP contribution is -2.45. The number of rotatable bonds is 3. The van der Waals surface area contributed by atoms with Gasteiger partial charge in [-0.15, -0.1) is 0 Å². The standard InChI is InChI=1S/C19H20FN3O3/c20-14-4-12-16(5-17(14)22-6-9-3-11(9)15(21)8-22)23(10-1-2-10)7-13(18(12)24)19(25)26/h4-5,7,9-11,15H,1-3,6,8,21H2,(H,25,26)/t9-,11-,15-/m1/s1. The fourth-order valence-corrected chi connectivity index (χ4v) is 4.36. The van der Waals surface area contributed by atoms with Gasteiger partial charge in [-0.2, -0.15) is 0 Å². The number of anilines is 1. The summed E-state index contributed by atoms with van der Waals surface area (Å²) in [6, 6.07) is 3.11. The molecule has 3 aliphatic rings. The van der Waals surface area contributed by atoms with E-state index in [4.69, 9.17) is 5.73 Å². The summed E-state index contributed by atoms with van der Waals surface area (Å²) in [4.78, 5) is 25.9. The first-order chi connectivity index (χ1) is 12.4. The maximum Gasteiger partial charge on any atom is 0.341 e. The lowest BCUT2D eigenvalue weighted by molar-refractivity contribution is 0.0695. The van der Waals surface area contributed by atoms with E-state index < -0.39 is 17.2 Å². The first kappa shape index (κ1) is 15.8. The molecule has 3 N–H and O–H groups in total. The molecule has 26 heavy (non-hydrogen) atoms. The Labute approximate surface area is 149 Å². The molecule has 0 radical (unpaired) electrons. The fourth-order valence-electron chi connectivity index (χ4n) is 4.36. The molecule has 0 unspecified atom stereocenters. The molecule has 1 aromatic carbocycles. The van der Waals surface area contributed by atoms with Gasteiger partial charge >= 0.3 is 5.97 Å². The maximum absolute atomic E-state index is 14.9. The van der Waals surface area contributed by atoms with Crippen molar-refractivity contribution in [1.29, 1.82) is 0 Å². The third-order valence-corrected chi connectivity index (χ3v) is 6.03. The quantitative estimate of drug-likeness (QED) is 0.877. The summed E-state index contributed by atoms with van der Waals surface area (Å²) in [6.45, 7) is 1.38. The first-order valence-corrected chi connectivity index (χ1v) is 9.06. The predicted molar refractivity (Wildman–Crippen MR) is 95.2 cm³/mol. The van der Waals surface area contributed by atoms with Crippen molar-refractivity contribution in [3.63, 3.8) is 0 Å². The number of nitrogens with two attached hydrogens (primary N) is 1. The number of carboxylic acids is 1. The third-order valence-electron chi connectivity index (χ3n) is 6.03. The van der Waals surface area contributed by atoms with Crippen LogP contribution < -0.4 is 16.1 Å². The van der Waals surface area contributed by atoms with Crippen molar-refractivity contribution in [2.75, 3.05) is 18.0 Å². The molecule has 1 aliphatic heterocycles. The van der Waals surface area contributed by atoms with Crippen LogP contribution in [-0.4, -0.2) is 34.8 Å². The molecule has 0 amide bonds. The molecule has 2 saturated carbocycles. The second kappa shape index (κ2) is 5.30. The normalized spacial score (nSPS) is 27.5. The number of carbonyl (C=O) groups is 1. The minimum atomic E-state index is -1.28. The van der Waals surface area contributed by atoms with Crippen LogP contribution in [0.4, 0.5) is 10.1 Å². The van der Waals surface area contributed by atoms with Crippen LogP contribution in [0.1, 0.15) is 35.7 Å². The second-order valence-electron chi connectivity index (χ2n) is 7.86. The van der Waals surface area contributed by atoms with Gasteiger partial charge in [0.05, 0.1) is 11.2 Å². The van der Waals surface area contributed by atoms with Gasteiger partial charge in [-0.05, 0) is 43.2 Å².